The van der Waals surface area contributed by atoms with Gasteiger partial charge in [0.05, 0.1) is 15.8 Å². The molecule has 3 aromatic rings. The Morgan fingerprint density at radius 3 is 1.87 bits per heavy atom. The summed E-state index contributed by atoms with van der Waals surface area (Å²) in [5.41, 5.74) is 16.8. The van der Waals surface area contributed by atoms with Crippen molar-refractivity contribution in [3.8, 4) is 0 Å². The molecule has 2 atom stereocenters. The Hall–Kier alpha value is -1.76. The van der Waals surface area contributed by atoms with Crippen LogP contribution in [0.2, 0.25) is 0 Å². The van der Waals surface area contributed by atoms with Crippen molar-refractivity contribution in [2.75, 3.05) is 5.73 Å². The number of sulfonamides is 1. The zero-order valence-corrected chi connectivity index (χ0v) is 19.7. The number of halogens is 1. The van der Waals surface area contributed by atoms with Crippen LogP contribution in [0.4, 0.5) is 5.69 Å². The van der Waals surface area contributed by atoms with Crippen LogP contribution < -0.4 is 5.73 Å². The Morgan fingerprint density at radius 2 is 1.33 bits per heavy atom. The number of nitrogen functional groups attached to an aromatic ring is 1. The Morgan fingerprint density at radius 1 is 0.867 bits per heavy atom. The van der Waals surface area contributed by atoms with Gasteiger partial charge in [0.15, 0.2) is 0 Å². The van der Waals surface area contributed by atoms with Crippen molar-refractivity contribution < 1.29 is 25.7 Å². The quantitative estimate of drug-likeness (QED) is 0.225. The van der Waals surface area contributed by atoms with E-state index in [1.54, 1.807) is 36.4 Å². The predicted octanol–water partition coefficient (Wildman–Crippen LogP) is 6.14. The molecule has 0 bridgehead atoms. The van der Waals surface area contributed by atoms with E-state index in [0.717, 1.165) is 0 Å². The minimum absolute atomic E-state index is 0. The van der Waals surface area contributed by atoms with E-state index in [1.165, 1.54) is 0 Å². The number of rotatable bonds is 7. The summed E-state index contributed by atoms with van der Waals surface area (Å²) in [5.74, 6) is -0.287. The number of hydrogen-bond donors (Lipinski definition) is 1. The van der Waals surface area contributed by atoms with Crippen molar-refractivity contribution in [1.29, 1.82) is 0 Å². The van der Waals surface area contributed by atoms with E-state index in [2.05, 4.69) is 14.4 Å². The number of hydrogen-bond acceptors (Lipinski definition) is 3. The molecule has 5 nitrogen and oxygen atoms in total. The number of nitrogens with zero attached hydrogens (tertiary/aromatic N) is 1. The Balaban J connectivity index is 0.00000146. The SMILES string of the molecule is [CH3-].[Cl][Ru+3].[NH-]C(c1ccccc1)C([N-]S(=O)(=O)Cc1ccccc1N)c1ccccc1. The maximum atomic E-state index is 12.8. The van der Waals surface area contributed by atoms with E-state index in [1.807, 2.05) is 65.8 Å². The molecule has 160 valence electrons. The standard InChI is InChI=1S/C21H21N3O2S.CH3.ClH.Ru/c22-19-14-8-7-13-18(19)15-27(25,26)24-21(17-11-5-2-6-12-17)20(23)16-9-3-1-4-10-16;;;/h1-14,20-21,23H,15,22H2;1H3;1H;/q-2;-1;;+4/p-1. The summed E-state index contributed by atoms with van der Waals surface area (Å²) in [4.78, 5) is 0. The molecule has 0 radical (unpaired) electrons. The molecule has 30 heavy (non-hydrogen) atoms. The van der Waals surface area contributed by atoms with Crippen LogP contribution in [-0.4, -0.2) is 8.42 Å². The molecule has 0 aliphatic rings. The fourth-order valence-corrected chi connectivity index (χ4v) is 4.20. The van der Waals surface area contributed by atoms with Crippen LogP contribution in [-0.2, 0) is 33.1 Å². The van der Waals surface area contributed by atoms with E-state index in [0.29, 0.717) is 22.4 Å². The summed E-state index contributed by atoms with van der Waals surface area (Å²) in [5, 5.41) is 0. The van der Waals surface area contributed by atoms with Crippen molar-refractivity contribution in [2.45, 2.75) is 17.8 Å². The van der Waals surface area contributed by atoms with Crippen LogP contribution in [0.5, 0.6) is 0 Å². The van der Waals surface area contributed by atoms with Crippen molar-refractivity contribution in [3.63, 3.8) is 0 Å². The van der Waals surface area contributed by atoms with Crippen LogP contribution >= 0.6 is 9.69 Å². The topological polar surface area (TPSA) is 98.1 Å². The van der Waals surface area contributed by atoms with Crippen molar-refractivity contribution >= 4 is 25.4 Å². The van der Waals surface area contributed by atoms with Crippen LogP contribution in [0.15, 0.2) is 84.9 Å². The van der Waals surface area contributed by atoms with Crippen LogP contribution in [0.25, 0.3) is 10.5 Å². The fourth-order valence-electron chi connectivity index (χ4n) is 2.88. The van der Waals surface area contributed by atoms with Gasteiger partial charge in [-0.3, -0.25) is 0 Å². The molecule has 0 saturated heterocycles. The minimum atomic E-state index is -3.83. The molecule has 0 aliphatic carbocycles. The van der Waals surface area contributed by atoms with E-state index >= 15 is 0 Å². The smallest absolute Gasteiger partial charge is 0.0768 e. The summed E-state index contributed by atoms with van der Waals surface area (Å²) < 4.78 is 29.7. The van der Waals surface area contributed by atoms with Gasteiger partial charge in [-0.2, -0.15) is 0 Å². The summed E-state index contributed by atoms with van der Waals surface area (Å²) in [7, 11) is 0.736. The van der Waals surface area contributed by atoms with E-state index in [-0.39, 0.29) is 13.2 Å². The zero-order chi connectivity index (χ0) is 21.3. The third kappa shape index (κ3) is 7.49. The molecule has 0 saturated carbocycles. The predicted molar refractivity (Wildman–Crippen MR) is 122 cm³/mol. The van der Waals surface area contributed by atoms with Crippen molar-refractivity contribution in [2.24, 2.45) is 0 Å². The van der Waals surface area contributed by atoms with E-state index < -0.39 is 22.1 Å². The molecular formula is C22H24ClN3O2RuS. The van der Waals surface area contributed by atoms with Gasteiger partial charge in [-0.25, -0.2) is 8.42 Å². The van der Waals surface area contributed by atoms with Crippen molar-refractivity contribution in [1.82, 2.24) is 0 Å². The monoisotopic (exact) mass is 531 g/mol. The average molecular weight is 531 g/mol. The van der Waals surface area contributed by atoms with Crippen molar-refractivity contribution in [3.05, 3.63) is 120 Å². The number of nitrogens with one attached hydrogen (secondary N) is 1. The first-order valence-electron chi connectivity index (χ1n) is 8.69. The number of para-hydroxylation sites is 1. The number of anilines is 1. The first-order valence-corrected chi connectivity index (χ1v) is 12.5. The second-order valence-electron chi connectivity index (χ2n) is 6.27. The second kappa shape index (κ2) is 12.8. The molecule has 0 aromatic heterocycles. The van der Waals surface area contributed by atoms with E-state index in [9.17, 15) is 8.42 Å². The molecule has 3 rings (SSSR count). The molecule has 3 aromatic carbocycles. The summed E-state index contributed by atoms with van der Waals surface area (Å²) in [6.07, 6.45) is 0. The maximum absolute atomic E-state index is 12.8. The molecule has 0 spiro atoms. The minimum Gasteiger partial charge on any atom is -0.672 e. The van der Waals surface area contributed by atoms with Crippen LogP contribution in [0.1, 0.15) is 28.8 Å². The first kappa shape index (κ1) is 26.3. The first-order chi connectivity index (χ1) is 14.0. The van der Waals surface area contributed by atoms with Gasteiger partial charge in [-0.1, -0.05) is 90.0 Å². The van der Waals surface area contributed by atoms with Gasteiger partial charge in [0.2, 0.25) is 0 Å². The van der Waals surface area contributed by atoms with Gasteiger partial charge in [0, 0.05) is 5.69 Å². The number of benzene rings is 3. The maximum Gasteiger partial charge on any atom is 0.0768 e. The Bertz CT molecular complexity index is 990. The van der Waals surface area contributed by atoms with Gasteiger partial charge < -0.3 is 23.6 Å². The molecule has 3 N–H and O–H groups in total. The molecule has 0 amide bonds. The Kier molecular flexibility index (Phi) is 11.2. The normalized spacial score (nSPS) is 12.6. The molecule has 8 heteroatoms. The largest absolute Gasteiger partial charge is 0.672 e. The third-order valence-electron chi connectivity index (χ3n) is 4.28. The summed E-state index contributed by atoms with van der Waals surface area (Å²) in [6.45, 7) is 0. The van der Waals surface area contributed by atoms with Crippen LogP contribution in [0, 0.1) is 7.43 Å². The van der Waals surface area contributed by atoms with Crippen LogP contribution in [0.3, 0.4) is 0 Å². The third-order valence-corrected chi connectivity index (χ3v) is 5.51. The molecular weight excluding hydrogens is 507 g/mol. The van der Waals surface area contributed by atoms with Gasteiger partial charge in [-0.05, 0) is 11.6 Å². The fraction of sp³-hybridized carbons (Fsp3) is 0.136. The summed E-state index contributed by atoms with van der Waals surface area (Å²) >= 11 is 1.82. The Labute approximate surface area is 193 Å². The van der Waals surface area contributed by atoms with Gasteiger partial charge in [-0.15, -0.1) is 12.1 Å². The zero-order valence-electron chi connectivity index (χ0n) is 16.4. The molecule has 0 aliphatic heterocycles. The summed E-state index contributed by atoms with van der Waals surface area (Å²) in [6, 6.07) is 23.4. The number of nitrogens with two attached hydrogens (primary N) is 1. The molecule has 0 heterocycles. The van der Waals surface area contributed by atoms with Gasteiger partial charge in [0.25, 0.3) is 0 Å². The average Bonchev–Trinajstić information content (AvgIpc) is 2.76. The molecule has 0 fully saturated rings. The van der Waals surface area contributed by atoms with Gasteiger partial charge in [0.1, 0.15) is 0 Å². The van der Waals surface area contributed by atoms with E-state index in [4.69, 9.17) is 11.5 Å². The van der Waals surface area contributed by atoms with Gasteiger partial charge >= 0.3 is 27.0 Å². The molecule has 2 unspecified atom stereocenters. The second-order valence-corrected chi connectivity index (χ2v) is 7.94.